The molecule has 0 unspecified atom stereocenters. The van der Waals surface area contributed by atoms with Gasteiger partial charge in [0.2, 0.25) is 0 Å². The summed E-state index contributed by atoms with van der Waals surface area (Å²) >= 11 is 0. The van der Waals surface area contributed by atoms with Crippen LogP contribution in [0, 0.1) is 29.1 Å². The number of hydrogen-bond acceptors (Lipinski definition) is 0. The summed E-state index contributed by atoms with van der Waals surface area (Å²) in [5.74, 6) is -5.69. The first kappa shape index (κ1) is 22.0. The summed E-state index contributed by atoms with van der Waals surface area (Å²) < 4.78 is 68.6. The topological polar surface area (TPSA) is 0 Å². The largest absolute Gasteiger partial charge is 0.204 e. The van der Waals surface area contributed by atoms with E-state index >= 15 is 0 Å². The quantitative estimate of drug-likeness (QED) is 0.201. The van der Waals surface area contributed by atoms with E-state index in [-0.39, 0.29) is 11.1 Å². The van der Waals surface area contributed by atoms with Crippen LogP contribution in [0.3, 0.4) is 0 Å². The number of unbranched alkanes of at least 4 members (excludes halogenated alkanes) is 1. The van der Waals surface area contributed by atoms with Gasteiger partial charge in [-0.25, -0.2) is 22.0 Å². The number of rotatable bonds is 8. The van der Waals surface area contributed by atoms with Gasteiger partial charge in [0.05, 0.1) is 0 Å². The van der Waals surface area contributed by atoms with Gasteiger partial charge in [0.1, 0.15) is 0 Å². The highest BCUT2D eigenvalue weighted by Gasteiger charge is 2.15. The van der Waals surface area contributed by atoms with Crippen LogP contribution in [0.4, 0.5) is 22.0 Å². The molecule has 3 aromatic carbocycles. The van der Waals surface area contributed by atoms with E-state index < -0.39 is 29.1 Å². The van der Waals surface area contributed by atoms with E-state index in [0.29, 0.717) is 36.8 Å². The molecule has 0 spiro atoms. The number of aryl methyl sites for hydroxylation is 3. The minimum Gasteiger partial charge on any atom is -0.204 e. The Labute approximate surface area is 173 Å². The summed E-state index contributed by atoms with van der Waals surface area (Å²) in [5, 5.41) is 0. The third kappa shape index (κ3) is 5.07. The molecule has 0 radical (unpaired) electrons. The second kappa shape index (κ2) is 9.88. The maximum absolute atomic E-state index is 14.6. The predicted molar refractivity (Wildman–Crippen MR) is 109 cm³/mol. The van der Waals surface area contributed by atoms with Gasteiger partial charge in [0, 0.05) is 5.56 Å². The summed E-state index contributed by atoms with van der Waals surface area (Å²) in [6.45, 7) is 2.08. The van der Waals surface area contributed by atoms with Gasteiger partial charge in [-0.3, -0.25) is 0 Å². The lowest BCUT2D eigenvalue weighted by Crippen LogP contribution is -1.99. The Bertz CT molecular complexity index is 986. The number of benzene rings is 3. The highest BCUT2D eigenvalue weighted by atomic mass is 19.2. The lowest BCUT2D eigenvalue weighted by atomic mass is 9.98. The van der Waals surface area contributed by atoms with Gasteiger partial charge in [-0.2, -0.15) is 0 Å². The van der Waals surface area contributed by atoms with Gasteiger partial charge >= 0.3 is 0 Å². The lowest BCUT2D eigenvalue weighted by Gasteiger charge is -2.10. The second-order valence-corrected chi connectivity index (χ2v) is 7.43. The third-order valence-corrected chi connectivity index (χ3v) is 5.17. The van der Waals surface area contributed by atoms with E-state index in [1.165, 1.54) is 0 Å². The smallest absolute Gasteiger partial charge is 0.194 e. The fraction of sp³-hybridized carbons (Fsp3) is 0.280. The molecule has 0 atom stereocenters. The first-order valence-electron chi connectivity index (χ1n) is 10.1. The molecule has 0 bridgehead atoms. The van der Waals surface area contributed by atoms with E-state index in [2.05, 4.69) is 6.92 Å². The van der Waals surface area contributed by atoms with E-state index in [0.717, 1.165) is 30.5 Å². The van der Waals surface area contributed by atoms with Crippen LogP contribution >= 0.6 is 0 Å². The van der Waals surface area contributed by atoms with Crippen molar-refractivity contribution in [1.82, 2.24) is 0 Å². The molecular weight excluding hydrogens is 395 g/mol. The molecule has 0 nitrogen and oxygen atoms in total. The summed E-state index contributed by atoms with van der Waals surface area (Å²) in [5.41, 5.74) is 2.59. The predicted octanol–water partition coefficient (Wildman–Crippen LogP) is 7.57. The van der Waals surface area contributed by atoms with Crippen molar-refractivity contribution in [3.8, 4) is 11.1 Å². The molecule has 5 heteroatoms. The Hall–Kier alpha value is -2.69. The summed E-state index contributed by atoms with van der Waals surface area (Å²) in [4.78, 5) is 0. The summed E-state index contributed by atoms with van der Waals surface area (Å²) in [6, 6.07) is 12.5. The summed E-state index contributed by atoms with van der Waals surface area (Å²) in [7, 11) is 0. The molecule has 0 aliphatic carbocycles. The molecule has 0 N–H and O–H groups in total. The van der Waals surface area contributed by atoms with Crippen molar-refractivity contribution in [3.05, 3.63) is 94.3 Å². The Morgan fingerprint density at radius 3 is 1.87 bits per heavy atom. The fourth-order valence-electron chi connectivity index (χ4n) is 3.54. The zero-order valence-electron chi connectivity index (χ0n) is 16.8. The van der Waals surface area contributed by atoms with Crippen LogP contribution in [0.5, 0.6) is 0 Å². The Morgan fingerprint density at radius 1 is 0.600 bits per heavy atom. The first-order valence-corrected chi connectivity index (χ1v) is 10.1. The minimum absolute atomic E-state index is 0.219. The fourth-order valence-corrected chi connectivity index (χ4v) is 3.54. The van der Waals surface area contributed by atoms with Crippen LogP contribution in [-0.4, -0.2) is 0 Å². The lowest BCUT2D eigenvalue weighted by molar-refractivity contribution is 0.445. The van der Waals surface area contributed by atoms with Crippen molar-refractivity contribution < 1.29 is 22.0 Å². The van der Waals surface area contributed by atoms with E-state index in [1.807, 2.05) is 12.1 Å². The highest BCUT2D eigenvalue weighted by molar-refractivity contribution is 5.65. The van der Waals surface area contributed by atoms with Crippen LogP contribution < -0.4 is 0 Å². The van der Waals surface area contributed by atoms with E-state index in [4.69, 9.17) is 0 Å². The van der Waals surface area contributed by atoms with Crippen molar-refractivity contribution in [3.63, 3.8) is 0 Å². The second-order valence-electron chi connectivity index (χ2n) is 7.43. The van der Waals surface area contributed by atoms with Crippen molar-refractivity contribution in [2.45, 2.75) is 45.4 Å². The molecular formula is C25H23F5. The van der Waals surface area contributed by atoms with Crippen molar-refractivity contribution in [2.24, 2.45) is 0 Å². The van der Waals surface area contributed by atoms with Crippen LogP contribution in [0.2, 0.25) is 0 Å². The average molecular weight is 418 g/mol. The maximum Gasteiger partial charge on any atom is 0.194 e. The average Bonchev–Trinajstić information content (AvgIpc) is 2.73. The van der Waals surface area contributed by atoms with Crippen LogP contribution in [0.1, 0.15) is 42.9 Å². The van der Waals surface area contributed by atoms with Crippen LogP contribution in [0.15, 0.2) is 48.5 Å². The van der Waals surface area contributed by atoms with Gasteiger partial charge < -0.3 is 0 Å². The van der Waals surface area contributed by atoms with Crippen LogP contribution in [0.25, 0.3) is 11.1 Å². The highest BCUT2D eigenvalue weighted by Crippen LogP contribution is 2.28. The SMILES string of the molecule is CCCc1ccc(-c2ccc(CCCCc3cc(F)c(F)c(F)c3)c(F)c2F)cc1. The normalized spacial score (nSPS) is 11.1. The van der Waals surface area contributed by atoms with Crippen molar-refractivity contribution in [2.75, 3.05) is 0 Å². The molecule has 0 heterocycles. The standard InChI is InChI=1S/C25H23F5/c1-2-5-16-8-10-18(11-9-16)20-13-12-19(23(28)24(20)29)7-4-3-6-17-14-21(26)25(30)22(27)15-17/h8-15H,2-7H2,1H3. The molecule has 0 aromatic heterocycles. The van der Waals surface area contributed by atoms with Gasteiger partial charge in [-0.1, -0.05) is 49.7 Å². The van der Waals surface area contributed by atoms with Gasteiger partial charge in [-0.05, 0) is 66.5 Å². The Balaban J connectivity index is 1.63. The molecule has 3 rings (SSSR count). The van der Waals surface area contributed by atoms with E-state index in [1.54, 1.807) is 24.3 Å². The zero-order chi connectivity index (χ0) is 21.7. The number of hydrogen-bond donors (Lipinski definition) is 0. The third-order valence-electron chi connectivity index (χ3n) is 5.17. The van der Waals surface area contributed by atoms with Crippen LogP contribution in [-0.2, 0) is 19.3 Å². The van der Waals surface area contributed by atoms with Gasteiger partial charge in [-0.15, -0.1) is 0 Å². The molecule has 0 aliphatic heterocycles. The molecule has 0 fully saturated rings. The number of halogens is 5. The first-order chi connectivity index (χ1) is 14.4. The maximum atomic E-state index is 14.6. The molecule has 158 valence electrons. The molecule has 0 saturated carbocycles. The molecule has 0 saturated heterocycles. The molecule has 0 aliphatic rings. The summed E-state index contributed by atoms with van der Waals surface area (Å²) in [6.07, 6.45) is 3.58. The monoisotopic (exact) mass is 418 g/mol. The Morgan fingerprint density at radius 2 is 1.23 bits per heavy atom. The van der Waals surface area contributed by atoms with E-state index in [9.17, 15) is 22.0 Å². The molecule has 0 amide bonds. The van der Waals surface area contributed by atoms with Gasteiger partial charge in [0.15, 0.2) is 29.1 Å². The minimum atomic E-state index is -1.49. The van der Waals surface area contributed by atoms with Crippen molar-refractivity contribution in [1.29, 1.82) is 0 Å². The molecule has 30 heavy (non-hydrogen) atoms. The molecule has 3 aromatic rings. The van der Waals surface area contributed by atoms with Crippen molar-refractivity contribution >= 4 is 0 Å². The Kier molecular flexibility index (Phi) is 7.24. The van der Waals surface area contributed by atoms with Gasteiger partial charge in [0.25, 0.3) is 0 Å². The zero-order valence-corrected chi connectivity index (χ0v) is 16.8.